The van der Waals surface area contributed by atoms with Crippen LogP contribution in [0.4, 0.5) is 27.8 Å². The molecule has 0 spiro atoms. The van der Waals surface area contributed by atoms with Crippen molar-refractivity contribution < 1.29 is 31.5 Å². The lowest BCUT2D eigenvalue weighted by atomic mass is 10.1. The number of rotatable bonds is 8. The van der Waals surface area contributed by atoms with Gasteiger partial charge in [0.25, 0.3) is 5.91 Å². The topological polar surface area (TPSA) is 56.1 Å². The van der Waals surface area contributed by atoms with Crippen molar-refractivity contribution in [2.24, 2.45) is 0 Å². The molecule has 0 saturated carbocycles. The molecule has 0 saturated heterocycles. The normalized spacial score (nSPS) is 10.9. The number of hydrogen-bond donors (Lipinski definition) is 1. The van der Waals surface area contributed by atoms with Crippen molar-refractivity contribution >= 4 is 11.7 Å². The number of aryl methyl sites for hydroxylation is 1. The van der Waals surface area contributed by atoms with E-state index in [1.54, 1.807) is 24.3 Å². The van der Waals surface area contributed by atoms with Gasteiger partial charge >= 0.3 is 0 Å². The number of anilines is 1. The first-order valence-electron chi connectivity index (χ1n) is 10.9. The van der Waals surface area contributed by atoms with Gasteiger partial charge in [-0.2, -0.15) is 5.10 Å². The highest BCUT2D eigenvalue weighted by molar-refractivity contribution is 6.03. The Bertz CT molecular complexity index is 1370. The predicted octanol–water partition coefficient (Wildman–Crippen LogP) is 6.02. The SMILES string of the molecule is CCc1ccc(OCc2cccc(C(=O)Nc3ccn(Cc4c(F)c(F)c(F)c(F)c4F)n3)c2)cc1. The molecule has 4 aromatic rings. The van der Waals surface area contributed by atoms with Gasteiger partial charge in [-0.1, -0.05) is 31.2 Å². The van der Waals surface area contributed by atoms with Crippen LogP contribution in [0, 0.1) is 29.1 Å². The second-order valence-electron chi connectivity index (χ2n) is 7.89. The Balaban J connectivity index is 1.41. The third kappa shape index (κ3) is 5.37. The van der Waals surface area contributed by atoms with Crippen molar-refractivity contribution in [3.05, 3.63) is 112 Å². The molecule has 0 aliphatic heterocycles. The van der Waals surface area contributed by atoms with E-state index in [0.29, 0.717) is 11.3 Å². The van der Waals surface area contributed by atoms with E-state index in [4.69, 9.17) is 4.74 Å². The van der Waals surface area contributed by atoms with E-state index < -0.39 is 47.1 Å². The van der Waals surface area contributed by atoms with Gasteiger partial charge in [-0.25, -0.2) is 22.0 Å². The first-order valence-corrected chi connectivity index (χ1v) is 10.9. The van der Waals surface area contributed by atoms with Crippen LogP contribution in [0.25, 0.3) is 0 Å². The van der Waals surface area contributed by atoms with Gasteiger partial charge in [0.1, 0.15) is 12.4 Å². The van der Waals surface area contributed by atoms with Gasteiger partial charge in [-0.05, 0) is 41.8 Å². The summed E-state index contributed by atoms with van der Waals surface area (Å²) in [5, 5.41) is 6.47. The molecule has 1 amide bonds. The van der Waals surface area contributed by atoms with Crippen molar-refractivity contribution in [3.8, 4) is 5.75 Å². The third-order valence-electron chi connectivity index (χ3n) is 5.43. The van der Waals surface area contributed by atoms with Crippen LogP contribution < -0.4 is 10.1 Å². The number of ether oxygens (including phenoxy) is 1. The summed E-state index contributed by atoms with van der Waals surface area (Å²) < 4.78 is 74.7. The van der Waals surface area contributed by atoms with Gasteiger partial charge in [-0.3, -0.25) is 9.48 Å². The van der Waals surface area contributed by atoms with Gasteiger partial charge in [0.15, 0.2) is 29.1 Å². The Morgan fingerprint density at radius 1 is 0.889 bits per heavy atom. The Kier molecular flexibility index (Phi) is 7.33. The summed E-state index contributed by atoms with van der Waals surface area (Å²) >= 11 is 0. The Labute approximate surface area is 203 Å². The van der Waals surface area contributed by atoms with Crippen molar-refractivity contribution in [1.82, 2.24) is 9.78 Å². The summed E-state index contributed by atoms with van der Waals surface area (Å²) in [6.07, 6.45) is 2.16. The zero-order chi connectivity index (χ0) is 25.8. The first-order chi connectivity index (χ1) is 17.3. The fraction of sp³-hybridized carbons (Fsp3) is 0.154. The Hall–Kier alpha value is -4.21. The molecule has 5 nitrogen and oxygen atoms in total. The summed E-state index contributed by atoms with van der Waals surface area (Å²) in [5.74, 6) is -9.96. The minimum atomic E-state index is -2.23. The van der Waals surface area contributed by atoms with Gasteiger partial charge in [-0.15, -0.1) is 0 Å². The van der Waals surface area contributed by atoms with Crippen molar-refractivity contribution in [2.75, 3.05) is 5.32 Å². The zero-order valence-corrected chi connectivity index (χ0v) is 19.0. The van der Waals surface area contributed by atoms with Crippen LogP contribution in [-0.2, 0) is 19.6 Å². The number of nitrogens with one attached hydrogen (secondary N) is 1. The third-order valence-corrected chi connectivity index (χ3v) is 5.43. The number of carbonyl (C=O) groups is 1. The van der Waals surface area contributed by atoms with E-state index in [1.807, 2.05) is 24.3 Å². The fourth-order valence-corrected chi connectivity index (χ4v) is 3.45. The summed E-state index contributed by atoms with van der Waals surface area (Å²) in [6.45, 7) is 1.57. The molecule has 1 heterocycles. The van der Waals surface area contributed by atoms with Crippen LogP contribution in [0.5, 0.6) is 5.75 Å². The molecule has 186 valence electrons. The summed E-state index contributed by atoms with van der Waals surface area (Å²) in [6, 6.07) is 15.7. The van der Waals surface area contributed by atoms with Crippen molar-refractivity contribution in [3.63, 3.8) is 0 Å². The van der Waals surface area contributed by atoms with Gasteiger partial charge in [0.05, 0.1) is 12.1 Å². The van der Waals surface area contributed by atoms with Gasteiger partial charge in [0.2, 0.25) is 5.82 Å². The average molecular weight is 501 g/mol. The van der Waals surface area contributed by atoms with E-state index in [9.17, 15) is 26.7 Å². The Morgan fingerprint density at radius 2 is 1.56 bits per heavy atom. The molecule has 1 N–H and O–H groups in total. The Morgan fingerprint density at radius 3 is 2.22 bits per heavy atom. The van der Waals surface area contributed by atoms with E-state index >= 15 is 0 Å². The van der Waals surface area contributed by atoms with Crippen LogP contribution in [-0.4, -0.2) is 15.7 Å². The molecule has 0 fully saturated rings. The monoisotopic (exact) mass is 501 g/mol. The van der Waals surface area contributed by atoms with Crippen molar-refractivity contribution in [2.45, 2.75) is 26.5 Å². The molecule has 10 heteroatoms. The highest BCUT2D eigenvalue weighted by Gasteiger charge is 2.26. The molecule has 1 aromatic heterocycles. The van der Waals surface area contributed by atoms with E-state index in [2.05, 4.69) is 17.3 Å². The highest BCUT2D eigenvalue weighted by Crippen LogP contribution is 2.24. The zero-order valence-electron chi connectivity index (χ0n) is 19.0. The number of carbonyl (C=O) groups excluding carboxylic acids is 1. The number of hydrogen-bond acceptors (Lipinski definition) is 3. The first kappa shape index (κ1) is 24.9. The molecule has 0 aliphatic rings. The lowest BCUT2D eigenvalue weighted by Gasteiger charge is -2.09. The molecule has 4 rings (SSSR count). The molecule has 36 heavy (non-hydrogen) atoms. The summed E-state index contributed by atoms with van der Waals surface area (Å²) in [4.78, 5) is 12.7. The van der Waals surface area contributed by atoms with Gasteiger partial charge in [0, 0.05) is 17.8 Å². The number of benzene rings is 3. The largest absolute Gasteiger partial charge is 0.489 e. The predicted molar refractivity (Wildman–Crippen MR) is 122 cm³/mol. The fourth-order valence-electron chi connectivity index (χ4n) is 3.45. The average Bonchev–Trinajstić information content (AvgIpc) is 3.34. The molecule has 3 aromatic carbocycles. The number of amides is 1. The molecule has 0 radical (unpaired) electrons. The van der Waals surface area contributed by atoms with Gasteiger partial charge < -0.3 is 10.1 Å². The van der Waals surface area contributed by atoms with Crippen LogP contribution >= 0.6 is 0 Å². The second-order valence-corrected chi connectivity index (χ2v) is 7.89. The maximum absolute atomic E-state index is 13.9. The molecular formula is C26H20F5N3O2. The molecule has 0 unspecified atom stereocenters. The molecule has 0 aliphatic carbocycles. The number of halogens is 5. The molecule has 0 atom stereocenters. The standard InChI is InChI=1S/C26H20F5N3O2/c1-2-15-6-8-18(9-7-15)36-14-16-4-3-5-17(12-16)26(35)32-20-10-11-34(33-20)13-19-21(27)23(29)25(31)24(30)22(19)28/h3-12H,2,13-14H2,1H3,(H,32,33,35). The molecular weight excluding hydrogens is 481 g/mol. The second kappa shape index (κ2) is 10.6. The lowest BCUT2D eigenvalue weighted by Crippen LogP contribution is -2.14. The van der Waals surface area contributed by atoms with Crippen LogP contribution in [0.2, 0.25) is 0 Å². The van der Waals surface area contributed by atoms with Crippen LogP contribution in [0.1, 0.15) is 34.0 Å². The molecule has 0 bridgehead atoms. The summed E-state index contributed by atoms with van der Waals surface area (Å²) in [5.41, 5.74) is 1.21. The van der Waals surface area contributed by atoms with E-state index in [1.165, 1.54) is 17.8 Å². The highest BCUT2D eigenvalue weighted by atomic mass is 19.2. The maximum Gasteiger partial charge on any atom is 0.256 e. The summed E-state index contributed by atoms with van der Waals surface area (Å²) in [7, 11) is 0. The van der Waals surface area contributed by atoms with Crippen molar-refractivity contribution in [1.29, 1.82) is 0 Å². The van der Waals surface area contributed by atoms with Crippen LogP contribution in [0.3, 0.4) is 0 Å². The number of nitrogens with zero attached hydrogens (tertiary/aromatic N) is 2. The van der Waals surface area contributed by atoms with E-state index in [-0.39, 0.29) is 12.4 Å². The van der Waals surface area contributed by atoms with E-state index in [0.717, 1.165) is 16.7 Å². The lowest BCUT2D eigenvalue weighted by molar-refractivity contribution is 0.102. The minimum Gasteiger partial charge on any atom is -0.489 e. The quantitative estimate of drug-likeness (QED) is 0.183. The number of aromatic nitrogens is 2. The maximum atomic E-state index is 13.9. The smallest absolute Gasteiger partial charge is 0.256 e. The van der Waals surface area contributed by atoms with Crippen LogP contribution in [0.15, 0.2) is 60.8 Å². The minimum absolute atomic E-state index is 0.0292.